The zero-order valence-corrected chi connectivity index (χ0v) is 11.6. The van der Waals surface area contributed by atoms with E-state index in [1.54, 1.807) is 11.7 Å². The Labute approximate surface area is 112 Å². The Kier molecular flexibility index (Phi) is 3.65. The minimum absolute atomic E-state index is 0.128. The van der Waals surface area contributed by atoms with E-state index < -0.39 is 11.6 Å². The molecule has 18 heavy (non-hydrogen) atoms. The van der Waals surface area contributed by atoms with Gasteiger partial charge in [-0.15, -0.1) is 0 Å². The topological polar surface area (TPSA) is 29.9 Å². The predicted octanol–water partition coefficient (Wildman–Crippen LogP) is 3.38. The Balaban J connectivity index is 2.18. The standard InChI is InChI=1S/C12H12BrF2N3/c1-7-3-9(18(2)17-7)6-16-12-10(14)4-8(13)5-11(12)15/h3-5,16H,6H2,1-2H3. The maximum Gasteiger partial charge on any atom is 0.150 e. The van der Waals surface area contributed by atoms with Crippen LogP contribution in [0.3, 0.4) is 0 Å². The Morgan fingerprint density at radius 3 is 2.39 bits per heavy atom. The van der Waals surface area contributed by atoms with Gasteiger partial charge in [-0.25, -0.2) is 8.78 Å². The fourth-order valence-electron chi connectivity index (χ4n) is 1.72. The highest BCUT2D eigenvalue weighted by atomic mass is 79.9. The summed E-state index contributed by atoms with van der Waals surface area (Å²) in [7, 11) is 1.79. The maximum absolute atomic E-state index is 13.6. The van der Waals surface area contributed by atoms with Crippen molar-refractivity contribution in [2.24, 2.45) is 7.05 Å². The Morgan fingerprint density at radius 2 is 1.89 bits per heavy atom. The number of benzene rings is 1. The number of hydrogen-bond acceptors (Lipinski definition) is 2. The minimum atomic E-state index is -0.624. The van der Waals surface area contributed by atoms with E-state index in [1.165, 1.54) is 12.1 Å². The summed E-state index contributed by atoms with van der Waals surface area (Å²) < 4.78 is 29.2. The van der Waals surface area contributed by atoms with Gasteiger partial charge >= 0.3 is 0 Å². The second kappa shape index (κ2) is 5.06. The van der Waals surface area contributed by atoms with Gasteiger partial charge in [0.25, 0.3) is 0 Å². The van der Waals surface area contributed by atoms with Crippen molar-refractivity contribution >= 4 is 21.6 Å². The Hall–Kier alpha value is -1.43. The zero-order valence-electron chi connectivity index (χ0n) is 9.97. The molecule has 0 aliphatic rings. The average Bonchev–Trinajstić information content (AvgIpc) is 2.55. The van der Waals surface area contributed by atoms with Crippen molar-refractivity contribution in [1.29, 1.82) is 0 Å². The lowest BCUT2D eigenvalue weighted by molar-refractivity contribution is 0.585. The average molecular weight is 316 g/mol. The summed E-state index contributed by atoms with van der Waals surface area (Å²) in [5.74, 6) is -1.25. The van der Waals surface area contributed by atoms with Crippen LogP contribution in [0, 0.1) is 18.6 Å². The van der Waals surface area contributed by atoms with E-state index in [0.717, 1.165) is 11.4 Å². The SMILES string of the molecule is Cc1cc(CNc2c(F)cc(Br)cc2F)n(C)n1. The van der Waals surface area contributed by atoms with Gasteiger partial charge in [0.15, 0.2) is 0 Å². The van der Waals surface area contributed by atoms with Crippen LogP contribution < -0.4 is 5.32 Å². The van der Waals surface area contributed by atoms with Gasteiger partial charge in [-0.05, 0) is 25.1 Å². The quantitative estimate of drug-likeness (QED) is 0.941. The monoisotopic (exact) mass is 315 g/mol. The first-order valence-electron chi connectivity index (χ1n) is 5.35. The van der Waals surface area contributed by atoms with E-state index in [-0.39, 0.29) is 5.69 Å². The van der Waals surface area contributed by atoms with Crippen molar-refractivity contribution in [2.45, 2.75) is 13.5 Å². The van der Waals surface area contributed by atoms with E-state index >= 15 is 0 Å². The molecule has 1 aromatic heterocycles. The first-order chi connectivity index (χ1) is 8.47. The molecule has 0 aliphatic heterocycles. The largest absolute Gasteiger partial charge is 0.375 e. The highest BCUT2D eigenvalue weighted by molar-refractivity contribution is 9.10. The van der Waals surface area contributed by atoms with Crippen molar-refractivity contribution in [2.75, 3.05) is 5.32 Å². The van der Waals surface area contributed by atoms with Gasteiger partial charge < -0.3 is 5.32 Å². The minimum Gasteiger partial charge on any atom is -0.375 e. The van der Waals surface area contributed by atoms with Crippen LogP contribution in [-0.2, 0) is 13.6 Å². The van der Waals surface area contributed by atoms with Gasteiger partial charge in [0.2, 0.25) is 0 Å². The predicted molar refractivity (Wildman–Crippen MR) is 69.3 cm³/mol. The molecular weight excluding hydrogens is 304 g/mol. The number of nitrogens with one attached hydrogen (secondary N) is 1. The van der Waals surface area contributed by atoms with Gasteiger partial charge in [-0.2, -0.15) is 5.10 Å². The van der Waals surface area contributed by atoms with Crippen LogP contribution in [0.15, 0.2) is 22.7 Å². The number of anilines is 1. The molecule has 1 N–H and O–H groups in total. The van der Waals surface area contributed by atoms with Crippen molar-refractivity contribution < 1.29 is 8.78 Å². The Morgan fingerprint density at radius 1 is 1.28 bits per heavy atom. The van der Waals surface area contributed by atoms with E-state index in [1.807, 2.05) is 13.0 Å². The molecule has 0 saturated heterocycles. The zero-order chi connectivity index (χ0) is 13.3. The van der Waals surface area contributed by atoms with Crippen molar-refractivity contribution in [3.63, 3.8) is 0 Å². The maximum atomic E-state index is 13.6. The molecule has 0 radical (unpaired) electrons. The summed E-state index contributed by atoms with van der Waals surface area (Å²) in [6.07, 6.45) is 0. The summed E-state index contributed by atoms with van der Waals surface area (Å²) in [6, 6.07) is 4.31. The molecule has 3 nitrogen and oxygen atoms in total. The van der Waals surface area contributed by atoms with Crippen LogP contribution in [0.2, 0.25) is 0 Å². The van der Waals surface area contributed by atoms with Crippen molar-refractivity contribution in [3.8, 4) is 0 Å². The molecule has 6 heteroatoms. The molecule has 0 amide bonds. The third-order valence-electron chi connectivity index (χ3n) is 2.55. The lowest BCUT2D eigenvalue weighted by atomic mass is 10.2. The molecule has 2 rings (SSSR count). The number of rotatable bonds is 3. The molecule has 0 atom stereocenters. The molecule has 0 fully saturated rings. The van der Waals surface area contributed by atoms with E-state index in [4.69, 9.17) is 0 Å². The number of aromatic nitrogens is 2. The molecule has 0 saturated carbocycles. The van der Waals surface area contributed by atoms with Crippen LogP contribution >= 0.6 is 15.9 Å². The summed E-state index contributed by atoms with van der Waals surface area (Å²) in [4.78, 5) is 0. The number of halogens is 3. The number of nitrogens with zero attached hydrogens (tertiary/aromatic N) is 2. The molecule has 2 aromatic rings. The smallest absolute Gasteiger partial charge is 0.150 e. The molecule has 96 valence electrons. The summed E-state index contributed by atoms with van der Waals surface area (Å²) in [5, 5.41) is 6.91. The van der Waals surface area contributed by atoms with Crippen LogP contribution in [0.25, 0.3) is 0 Å². The van der Waals surface area contributed by atoms with Gasteiger partial charge in [-0.1, -0.05) is 15.9 Å². The van der Waals surface area contributed by atoms with E-state index in [0.29, 0.717) is 11.0 Å². The lowest BCUT2D eigenvalue weighted by Gasteiger charge is -2.09. The molecule has 0 aliphatic carbocycles. The second-order valence-corrected chi connectivity index (χ2v) is 4.91. The fraction of sp³-hybridized carbons (Fsp3) is 0.250. The van der Waals surface area contributed by atoms with Crippen LogP contribution in [0.4, 0.5) is 14.5 Å². The van der Waals surface area contributed by atoms with Crippen molar-refractivity contribution in [3.05, 3.63) is 45.7 Å². The lowest BCUT2D eigenvalue weighted by Crippen LogP contribution is -2.08. The van der Waals surface area contributed by atoms with Gasteiger partial charge in [0, 0.05) is 11.5 Å². The molecule has 1 heterocycles. The van der Waals surface area contributed by atoms with Crippen LogP contribution in [0.5, 0.6) is 0 Å². The van der Waals surface area contributed by atoms with Crippen LogP contribution in [-0.4, -0.2) is 9.78 Å². The van der Waals surface area contributed by atoms with Crippen molar-refractivity contribution in [1.82, 2.24) is 9.78 Å². The van der Waals surface area contributed by atoms with E-state index in [9.17, 15) is 8.78 Å². The number of hydrogen-bond donors (Lipinski definition) is 1. The molecule has 0 bridgehead atoms. The molecule has 0 spiro atoms. The van der Waals surface area contributed by atoms with Crippen LogP contribution in [0.1, 0.15) is 11.4 Å². The van der Waals surface area contributed by atoms with Gasteiger partial charge in [-0.3, -0.25) is 4.68 Å². The highest BCUT2D eigenvalue weighted by Crippen LogP contribution is 2.24. The fourth-order valence-corrected chi connectivity index (χ4v) is 2.12. The normalized spacial score (nSPS) is 10.7. The molecule has 1 aromatic carbocycles. The summed E-state index contributed by atoms with van der Waals surface area (Å²) >= 11 is 3.04. The highest BCUT2D eigenvalue weighted by Gasteiger charge is 2.11. The van der Waals surface area contributed by atoms with Gasteiger partial charge in [0.1, 0.15) is 17.3 Å². The summed E-state index contributed by atoms with van der Waals surface area (Å²) in [5.41, 5.74) is 1.59. The Bertz CT molecular complexity index is 558. The third-order valence-corrected chi connectivity index (χ3v) is 3.01. The van der Waals surface area contributed by atoms with Gasteiger partial charge in [0.05, 0.1) is 17.9 Å². The third kappa shape index (κ3) is 2.69. The molecular formula is C12H12BrF2N3. The molecule has 0 unspecified atom stereocenters. The van der Waals surface area contributed by atoms with E-state index in [2.05, 4.69) is 26.3 Å². The first-order valence-corrected chi connectivity index (χ1v) is 6.14. The number of aryl methyl sites for hydroxylation is 2. The summed E-state index contributed by atoms with van der Waals surface area (Å²) in [6.45, 7) is 2.18. The second-order valence-electron chi connectivity index (χ2n) is 4.00. The first kappa shape index (κ1) is 13.0.